The normalized spacial score (nSPS) is 12.7. The summed E-state index contributed by atoms with van der Waals surface area (Å²) in [6, 6.07) is 8.34. The molecule has 0 saturated heterocycles. The molecule has 4 heteroatoms. The smallest absolute Gasteiger partial charge is 0.137 e. The summed E-state index contributed by atoms with van der Waals surface area (Å²) in [4.78, 5) is 0. The van der Waals surface area contributed by atoms with Crippen molar-refractivity contribution in [3.05, 3.63) is 45.5 Å². The van der Waals surface area contributed by atoms with Crippen molar-refractivity contribution < 1.29 is 13.9 Å². The van der Waals surface area contributed by atoms with Crippen LogP contribution in [0.4, 0.5) is 4.39 Å². The topological polar surface area (TPSA) is 33.4 Å². The van der Waals surface area contributed by atoms with Gasteiger partial charge >= 0.3 is 0 Å². The van der Waals surface area contributed by atoms with Gasteiger partial charge in [-0.25, -0.2) is 4.39 Å². The predicted molar refractivity (Wildman–Crippen MR) is 72.1 cm³/mol. The highest BCUT2D eigenvalue weighted by atomic mass is 127. The average Bonchev–Trinajstić information content (AvgIpc) is 2.81. The Labute approximate surface area is 113 Å². The van der Waals surface area contributed by atoms with Crippen LogP contribution in [-0.4, -0.2) is 5.11 Å². The lowest BCUT2D eigenvalue weighted by Crippen LogP contribution is -1.91. The molecule has 1 aromatic heterocycles. The standard InChI is InChI=1S/C13H12FIO2/c1-2-10(16)12-7-6-11(17-12)8-4-3-5-9(14)13(8)15/h3-7,10,16H,2H2,1H3. The van der Waals surface area contributed by atoms with E-state index in [9.17, 15) is 9.50 Å². The van der Waals surface area contributed by atoms with Gasteiger partial charge in [0.2, 0.25) is 0 Å². The van der Waals surface area contributed by atoms with Crippen LogP contribution < -0.4 is 0 Å². The molecule has 17 heavy (non-hydrogen) atoms. The fraction of sp³-hybridized carbons (Fsp3) is 0.231. The molecule has 0 aliphatic heterocycles. The number of aliphatic hydroxyl groups excluding tert-OH is 1. The maximum atomic E-state index is 13.4. The van der Waals surface area contributed by atoms with E-state index in [-0.39, 0.29) is 5.82 Å². The Morgan fingerprint density at radius 2 is 2.12 bits per heavy atom. The molecular formula is C13H12FIO2. The molecule has 1 aromatic carbocycles. The van der Waals surface area contributed by atoms with Gasteiger partial charge in [0.1, 0.15) is 23.4 Å². The van der Waals surface area contributed by atoms with Crippen molar-refractivity contribution in [3.8, 4) is 11.3 Å². The maximum Gasteiger partial charge on any atom is 0.137 e. The molecule has 0 fully saturated rings. The molecule has 1 unspecified atom stereocenters. The van der Waals surface area contributed by atoms with Crippen LogP contribution in [0.3, 0.4) is 0 Å². The molecule has 0 saturated carbocycles. The summed E-state index contributed by atoms with van der Waals surface area (Å²) < 4.78 is 19.5. The third-order valence-electron chi connectivity index (χ3n) is 2.56. The minimum Gasteiger partial charge on any atom is -0.458 e. The number of hydrogen-bond acceptors (Lipinski definition) is 2. The number of halogens is 2. The zero-order valence-corrected chi connectivity index (χ0v) is 11.4. The minimum absolute atomic E-state index is 0.267. The summed E-state index contributed by atoms with van der Waals surface area (Å²) in [6.45, 7) is 1.87. The van der Waals surface area contributed by atoms with Crippen molar-refractivity contribution in [1.82, 2.24) is 0 Å². The van der Waals surface area contributed by atoms with E-state index < -0.39 is 6.10 Å². The lowest BCUT2D eigenvalue weighted by molar-refractivity contribution is 0.147. The van der Waals surface area contributed by atoms with Crippen LogP contribution in [-0.2, 0) is 0 Å². The molecule has 0 bridgehead atoms. The highest BCUT2D eigenvalue weighted by Gasteiger charge is 2.14. The summed E-state index contributed by atoms with van der Waals surface area (Å²) >= 11 is 1.95. The molecule has 1 N–H and O–H groups in total. The van der Waals surface area contributed by atoms with Crippen molar-refractivity contribution in [1.29, 1.82) is 0 Å². The Morgan fingerprint density at radius 3 is 2.82 bits per heavy atom. The van der Waals surface area contributed by atoms with Crippen LogP contribution in [0, 0.1) is 9.39 Å². The van der Waals surface area contributed by atoms with Crippen LogP contribution in [0.5, 0.6) is 0 Å². The number of benzene rings is 1. The van der Waals surface area contributed by atoms with Gasteiger partial charge in [0.25, 0.3) is 0 Å². The first kappa shape index (κ1) is 12.6. The first-order chi connectivity index (χ1) is 8.13. The number of hydrogen-bond donors (Lipinski definition) is 1. The third kappa shape index (κ3) is 2.52. The molecule has 0 aliphatic carbocycles. The minimum atomic E-state index is -0.602. The van der Waals surface area contributed by atoms with Crippen LogP contribution >= 0.6 is 22.6 Å². The van der Waals surface area contributed by atoms with Crippen LogP contribution in [0.15, 0.2) is 34.7 Å². The van der Waals surface area contributed by atoms with Gasteiger partial charge < -0.3 is 9.52 Å². The zero-order valence-electron chi connectivity index (χ0n) is 9.28. The lowest BCUT2D eigenvalue weighted by Gasteiger charge is -2.04. The van der Waals surface area contributed by atoms with E-state index in [0.717, 1.165) is 0 Å². The van der Waals surface area contributed by atoms with Gasteiger partial charge in [0, 0.05) is 5.56 Å². The fourth-order valence-electron chi connectivity index (χ4n) is 1.57. The van der Waals surface area contributed by atoms with E-state index in [2.05, 4.69) is 0 Å². The van der Waals surface area contributed by atoms with Crippen molar-refractivity contribution in [3.63, 3.8) is 0 Å². The van der Waals surface area contributed by atoms with Gasteiger partial charge in [-0.2, -0.15) is 0 Å². The second-order valence-corrected chi connectivity index (χ2v) is 4.81. The van der Waals surface area contributed by atoms with Gasteiger partial charge in [0.15, 0.2) is 0 Å². The van der Waals surface area contributed by atoms with E-state index in [0.29, 0.717) is 27.1 Å². The molecule has 0 spiro atoms. The highest BCUT2D eigenvalue weighted by molar-refractivity contribution is 14.1. The molecule has 1 heterocycles. The van der Waals surface area contributed by atoms with Gasteiger partial charge in [-0.05, 0) is 53.3 Å². The van der Waals surface area contributed by atoms with E-state index in [1.54, 1.807) is 24.3 Å². The summed E-state index contributed by atoms with van der Waals surface area (Å²) in [6.07, 6.45) is -0.0114. The molecule has 0 radical (unpaired) electrons. The molecule has 1 atom stereocenters. The Hall–Kier alpha value is -0.880. The summed E-state index contributed by atoms with van der Waals surface area (Å²) in [5.74, 6) is 0.830. The Bertz CT molecular complexity index is 522. The fourth-order valence-corrected chi connectivity index (χ4v) is 2.20. The van der Waals surface area contributed by atoms with Crippen LogP contribution in [0.1, 0.15) is 25.2 Å². The SMILES string of the molecule is CCC(O)c1ccc(-c2cccc(F)c2I)o1. The summed E-state index contributed by atoms with van der Waals surface area (Å²) in [5.41, 5.74) is 0.708. The highest BCUT2D eigenvalue weighted by Crippen LogP contribution is 2.30. The van der Waals surface area contributed by atoms with Gasteiger partial charge in [-0.1, -0.05) is 13.0 Å². The molecule has 2 nitrogen and oxygen atoms in total. The van der Waals surface area contributed by atoms with Crippen molar-refractivity contribution in [2.75, 3.05) is 0 Å². The van der Waals surface area contributed by atoms with E-state index in [1.165, 1.54) is 6.07 Å². The zero-order chi connectivity index (χ0) is 12.4. The second kappa shape index (κ2) is 5.18. The van der Waals surface area contributed by atoms with Gasteiger partial charge in [0.05, 0.1) is 3.57 Å². The van der Waals surface area contributed by atoms with Crippen LogP contribution in [0.25, 0.3) is 11.3 Å². The monoisotopic (exact) mass is 346 g/mol. The molecule has 2 aromatic rings. The third-order valence-corrected chi connectivity index (χ3v) is 3.66. The summed E-state index contributed by atoms with van der Waals surface area (Å²) in [7, 11) is 0. The Balaban J connectivity index is 2.40. The van der Waals surface area contributed by atoms with Crippen molar-refractivity contribution in [2.45, 2.75) is 19.4 Å². The lowest BCUT2D eigenvalue weighted by atomic mass is 10.2. The van der Waals surface area contributed by atoms with Gasteiger partial charge in [-0.15, -0.1) is 0 Å². The van der Waals surface area contributed by atoms with Crippen molar-refractivity contribution in [2.24, 2.45) is 0 Å². The number of furan rings is 1. The largest absolute Gasteiger partial charge is 0.458 e. The van der Waals surface area contributed by atoms with Crippen molar-refractivity contribution >= 4 is 22.6 Å². The average molecular weight is 346 g/mol. The first-order valence-electron chi connectivity index (χ1n) is 5.35. The summed E-state index contributed by atoms with van der Waals surface area (Å²) in [5, 5.41) is 9.64. The molecule has 0 aliphatic rings. The maximum absolute atomic E-state index is 13.4. The number of aliphatic hydroxyl groups is 1. The first-order valence-corrected chi connectivity index (χ1v) is 6.43. The van der Waals surface area contributed by atoms with Crippen LogP contribution in [0.2, 0.25) is 0 Å². The molecule has 2 rings (SSSR count). The molecule has 90 valence electrons. The predicted octanol–water partition coefficient (Wildman–Crippen LogP) is 4.13. The van der Waals surface area contributed by atoms with E-state index in [4.69, 9.17) is 4.42 Å². The second-order valence-electron chi connectivity index (χ2n) is 3.73. The molecule has 0 amide bonds. The van der Waals surface area contributed by atoms with E-state index in [1.807, 2.05) is 29.5 Å². The van der Waals surface area contributed by atoms with Gasteiger partial charge in [-0.3, -0.25) is 0 Å². The van der Waals surface area contributed by atoms with E-state index >= 15 is 0 Å². The Kier molecular flexibility index (Phi) is 3.83. The Morgan fingerprint density at radius 1 is 1.35 bits per heavy atom. The molecular weight excluding hydrogens is 334 g/mol. The number of rotatable bonds is 3. The quantitative estimate of drug-likeness (QED) is 0.848.